The maximum atomic E-state index is 12.2. The maximum absolute atomic E-state index is 12.2. The smallest absolute Gasteiger partial charge is 0.279 e. The summed E-state index contributed by atoms with van der Waals surface area (Å²) >= 11 is 0. The van der Waals surface area contributed by atoms with Crippen LogP contribution in [0.5, 0.6) is 5.75 Å². The van der Waals surface area contributed by atoms with Gasteiger partial charge >= 0.3 is 0 Å². The van der Waals surface area contributed by atoms with Gasteiger partial charge in [-0.25, -0.2) is 0 Å². The van der Waals surface area contributed by atoms with Crippen molar-refractivity contribution in [3.05, 3.63) is 60.2 Å². The van der Waals surface area contributed by atoms with Crippen molar-refractivity contribution in [2.24, 2.45) is 0 Å². The van der Waals surface area contributed by atoms with Gasteiger partial charge in [-0.1, -0.05) is 30.3 Å². The predicted molar refractivity (Wildman–Crippen MR) is 110 cm³/mol. The van der Waals surface area contributed by atoms with Gasteiger partial charge in [0.15, 0.2) is 13.1 Å². The summed E-state index contributed by atoms with van der Waals surface area (Å²) in [5.74, 6) is 0.687. The molecule has 6 heteroatoms. The maximum Gasteiger partial charge on any atom is 0.279 e. The van der Waals surface area contributed by atoms with Crippen molar-refractivity contribution < 1.29 is 19.2 Å². The second-order valence-corrected chi connectivity index (χ2v) is 6.72. The van der Waals surface area contributed by atoms with Crippen LogP contribution >= 0.6 is 0 Å². The van der Waals surface area contributed by atoms with E-state index in [0.29, 0.717) is 31.9 Å². The molecule has 28 heavy (non-hydrogen) atoms. The van der Waals surface area contributed by atoms with Crippen LogP contribution in [0.1, 0.15) is 19.4 Å². The number of nitrogens with one attached hydrogen (secondary N) is 2. The highest BCUT2D eigenvalue weighted by Gasteiger charge is 2.17. The first kappa shape index (κ1) is 21.4. The Morgan fingerprint density at radius 2 is 1.61 bits per heavy atom. The van der Waals surface area contributed by atoms with E-state index in [0.717, 1.165) is 16.2 Å². The Labute approximate surface area is 167 Å². The van der Waals surface area contributed by atoms with Crippen molar-refractivity contribution in [3.8, 4) is 5.75 Å². The van der Waals surface area contributed by atoms with Crippen LogP contribution in [0.15, 0.2) is 54.6 Å². The Balaban J connectivity index is 1.78. The molecule has 2 N–H and O–H groups in total. The number of hydrogen-bond acceptors (Lipinski definition) is 3. The molecule has 1 unspecified atom stereocenters. The Morgan fingerprint density at radius 1 is 0.964 bits per heavy atom. The third kappa shape index (κ3) is 7.04. The first-order chi connectivity index (χ1) is 13.5. The number of carbonyl (C=O) groups excluding carboxylic acids is 2. The molecule has 0 aliphatic rings. The van der Waals surface area contributed by atoms with Gasteiger partial charge in [0.05, 0.1) is 7.05 Å². The van der Waals surface area contributed by atoms with Crippen LogP contribution in [0.4, 0.5) is 5.69 Å². The molecule has 0 saturated carbocycles. The molecule has 2 aromatic carbocycles. The number of likely N-dealkylation sites (N-methyl/N-ethyl adjacent to an activating group) is 2. The molecule has 0 fully saturated rings. The van der Waals surface area contributed by atoms with E-state index in [1.54, 1.807) is 4.90 Å². The second kappa shape index (κ2) is 11.1. The zero-order valence-corrected chi connectivity index (χ0v) is 16.9. The van der Waals surface area contributed by atoms with E-state index in [9.17, 15) is 9.59 Å². The molecule has 0 bridgehead atoms. The zero-order valence-electron chi connectivity index (χ0n) is 16.9. The SMILES string of the molecule is CCN(CC)C(=O)C[NH+](C)CC(=O)Nc1ccc(OCc2ccccc2)cc1. The summed E-state index contributed by atoms with van der Waals surface area (Å²) in [4.78, 5) is 27.0. The number of amides is 2. The molecule has 0 spiro atoms. The summed E-state index contributed by atoms with van der Waals surface area (Å²) in [6.07, 6.45) is 0. The van der Waals surface area contributed by atoms with Crippen molar-refractivity contribution >= 4 is 17.5 Å². The molecule has 0 aromatic heterocycles. The zero-order chi connectivity index (χ0) is 20.4. The van der Waals surface area contributed by atoms with E-state index in [-0.39, 0.29) is 18.4 Å². The average molecular weight is 385 g/mol. The topological polar surface area (TPSA) is 63.1 Å². The third-order valence-electron chi connectivity index (χ3n) is 4.42. The number of anilines is 1. The summed E-state index contributed by atoms with van der Waals surface area (Å²) in [6, 6.07) is 17.2. The van der Waals surface area contributed by atoms with Crippen molar-refractivity contribution in [1.29, 1.82) is 0 Å². The number of carbonyl (C=O) groups is 2. The third-order valence-corrected chi connectivity index (χ3v) is 4.42. The summed E-state index contributed by atoms with van der Waals surface area (Å²) in [6.45, 7) is 6.33. The summed E-state index contributed by atoms with van der Waals surface area (Å²) in [5, 5.41) is 2.86. The molecule has 2 rings (SSSR count). The lowest BCUT2D eigenvalue weighted by molar-refractivity contribution is -0.862. The van der Waals surface area contributed by atoms with E-state index in [4.69, 9.17) is 4.74 Å². The van der Waals surface area contributed by atoms with Crippen LogP contribution in [0.25, 0.3) is 0 Å². The summed E-state index contributed by atoms with van der Waals surface area (Å²) in [7, 11) is 1.85. The van der Waals surface area contributed by atoms with Gasteiger partial charge in [0.1, 0.15) is 12.4 Å². The van der Waals surface area contributed by atoms with Crippen LogP contribution < -0.4 is 15.0 Å². The number of rotatable bonds is 10. The molecule has 0 aliphatic heterocycles. The second-order valence-electron chi connectivity index (χ2n) is 6.72. The predicted octanol–water partition coefficient (Wildman–Crippen LogP) is 1.59. The van der Waals surface area contributed by atoms with Crippen molar-refractivity contribution in [2.75, 3.05) is 38.5 Å². The fourth-order valence-electron chi connectivity index (χ4n) is 2.86. The summed E-state index contributed by atoms with van der Waals surface area (Å²) < 4.78 is 5.74. The minimum atomic E-state index is -0.122. The lowest BCUT2D eigenvalue weighted by Gasteiger charge is -2.20. The van der Waals surface area contributed by atoms with Gasteiger partial charge < -0.3 is 19.9 Å². The van der Waals surface area contributed by atoms with Gasteiger partial charge in [-0.05, 0) is 43.7 Å². The normalized spacial score (nSPS) is 11.5. The first-order valence-electron chi connectivity index (χ1n) is 9.67. The molecule has 150 valence electrons. The Kier molecular flexibility index (Phi) is 8.49. The van der Waals surface area contributed by atoms with E-state index >= 15 is 0 Å². The van der Waals surface area contributed by atoms with Crippen LogP contribution in [0.3, 0.4) is 0 Å². The number of nitrogens with zero attached hydrogens (tertiary/aromatic N) is 1. The van der Waals surface area contributed by atoms with E-state index in [1.165, 1.54) is 0 Å². The Morgan fingerprint density at radius 3 is 2.21 bits per heavy atom. The van der Waals surface area contributed by atoms with Crippen molar-refractivity contribution in [2.45, 2.75) is 20.5 Å². The fourth-order valence-corrected chi connectivity index (χ4v) is 2.86. The Hall–Kier alpha value is -2.86. The van der Waals surface area contributed by atoms with Gasteiger partial charge in [0.25, 0.3) is 11.8 Å². The molecule has 2 aromatic rings. The molecule has 6 nitrogen and oxygen atoms in total. The molecule has 0 heterocycles. The highest BCUT2D eigenvalue weighted by atomic mass is 16.5. The van der Waals surface area contributed by atoms with Crippen LogP contribution in [0.2, 0.25) is 0 Å². The average Bonchev–Trinajstić information content (AvgIpc) is 2.69. The van der Waals surface area contributed by atoms with Crippen LogP contribution in [-0.2, 0) is 16.2 Å². The number of quaternary nitrogens is 1. The summed E-state index contributed by atoms with van der Waals surface area (Å²) in [5.41, 5.74) is 1.81. The van der Waals surface area contributed by atoms with Gasteiger partial charge in [0.2, 0.25) is 0 Å². The van der Waals surface area contributed by atoms with Crippen LogP contribution in [-0.4, -0.2) is 49.9 Å². The number of ether oxygens (including phenoxy) is 1. The number of hydrogen-bond donors (Lipinski definition) is 2. The molecular weight excluding hydrogens is 354 g/mol. The lowest BCUT2D eigenvalue weighted by atomic mass is 10.2. The van der Waals surface area contributed by atoms with Gasteiger partial charge in [-0.2, -0.15) is 0 Å². The quantitative estimate of drug-likeness (QED) is 0.654. The van der Waals surface area contributed by atoms with Gasteiger partial charge in [0, 0.05) is 18.8 Å². The molecule has 0 saturated heterocycles. The largest absolute Gasteiger partial charge is 0.489 e. The molecule has 0 aliphatic carbocycles. The molecule has 0 radical (unpaired) electrons. The van der Waals surface area contributed by atoms with Gasteiger partial charge in [-0.15, -0.1) is 0 Å². The van der Waals surface area contributed by atoms with Gasteiger partial charge in [-0.3, -0.25) is 9.59 Å². The molecule has 2 amide bonds. The highest BCUT2D eigenvalue weighted by molar-refractivity contribution is 5.91. The van der Waals surface area contributed by atoms with Crippen LogP contribution in [0, 0.1) is 0 Å². The first-order valence-corrected chi connectivity index (χ1v) is 9.67. The fraction of sp³-hybridized carbons (Fsp3) is 0.364. The molecule has 1 atom stereocenters. The standard InChI is InChI=1S/C22H29N3O3/c1-4-25(5-2)22(27)16-24(3)15-21(26)23-19-11-13-20(14-12-19)28-17-18-9-7-6-8-10-18/h6-14H,4-5,15-17H2,1-3H3,(H,23,26)/p+1. The highest BCUT2D eigenvalue weighted by Crippen LogP contribution is 2.17. The lowest BCUT2D eigenvalue weighted by Crippen LogP contribution is -3.11. The Bertz CT molecular complexity index is 743. The van der Waals surface area contributed by atoms with E-state index in [1.807, 2.05) is 75.5 Å². The minimum absolute atomic E-state index is 0.0650. The van der Waals surface area contributed by atoms with Crippen molar-refractivity contribution in [1.82, 2.24) is 4.90 Å². The minimum Gasteiger partial charge on any atom is -0.489 e. The van der Waals surface area contributed by atoms with Crippen molar-refractivity contribution in [3.63, 3.8) is 0 Å². The van der Waals surface area contributed by atoms with E-state index < -0.39 is 0 Å². The number of benzene rings is 2. The molecular formula is C22H30N3O3+. The monoisotopic (exact) mass is 384 g/mol. The van der Waals surface area contributed by atoms with E-state index in [2.05, 4.69) is 5.32 Å².